The second-order valence-corrected chi connectivity index (χ2v) is 5.05. The summed E-state index contributed by atoms with van der Waals surface area (Å²) in [6.07, 6.45) is 0.300. The van der Waals surface area contributed by atoms with E-state index in [4.69, 9.17) is 28.3 Å². The number of nitrogens with zero attached hydrogens (tertiary/aromatic N) is 1. The summed E-state index contributed by atoms with van der Waals surface area (Å²) < 4.78 is 0. The molecular weight excluding hydrogens is 273 g/mol. The van der Waals surface area contributed by atoms with E-state index in [0.29, 0.717) is 28.7 Å². The molecule has 0 saturated heterocycles. The zero-order chi connectivity index (χ0) is 13.5. The van der Waals surface area contributed by atoms with Crippen molar-refractivity contribution in [3.63, 3.8) is 0 Å². The van der Waals surface area contributed by atoms with Gasteiger partial charge in [-0.05, 0) is 25.1 Å². The average molecular weight is 292 g/mol. The van der Waals surface area contributed by atoms with Crippen molar-refractivity contribution in [2.24, 2.45) is 0 Å². The summed E-state index contributed by atoms with van der Waals surface area (Å²) in [5.74, 6) is 0. The minimum atomic E-state index is -0.673. The summed E-state index contributed by atoms with van der Waals surface area (Å²) in [5.41, 5.74) is 0.667. The van der Waals surface area contributed by atoms with E-state index >= 15 is 0 Å². The van der Waals surface area contributed by atoms with E-state index in [9.17, 15) is 5.11 Å². The highest BCUT2D eigenvalue weighted by molar-refractivity contribution is 6.35. The van der Waals surface area contributed by atoms with E-state index in [1.54, 1.807) is 18.2 Å². The van der Waals surface area contributed by atoms with Crippen LogP contribution < -0.4 is 0 Å². The fourth-order valence-corrected chi connectivity index (χ4v) is 2.40. The zero-order valence-electron chi connectivity index (χ0n) is 10.4. The first-order valence-electron chi connectivity index (χ1n) is 6.04. The molecule has 0 aliphatic carbocycles. The van der Waals surface area contributed by atoms with E-state index in [2.05, 4.69) is 6.92 Å². The summed E-state index contributed by atoms with van der Waals surface area (Å²) >= 11 is 11.9. The van der Waals surface area contributed by atoms with Crippen molar-refractivity contribution in [2.45, 2.75) is 19.4 Å². The van der Waals surface area contributed by atoms with Gasteiger partial charge in [0.15, 0.2) is 0 Å². The Hall–Kier alpha value is -0.320. The minimum Gasteiger partial charge on any atom is -0.395 e. The van der Waals surface area contributed by atoms with Gasteiger partial charge in [-0.15, -0.1) is 0 Å². The van der Waals surface area contributed by atoms with Crippen LogP contribution in [0.25, 0.3) is 0 Å². The van der Waals surface area contributed by atoms with E-state index in [-0.39, 0.29) is 6.61 Å². The number of rotatable bonds is 7. The summed E-state index contributed by atoms with van der Waals surface area (Å²) in [5, 5.41) is 20.2. The Labute approximate surface area is 118 Å². The van der Waals surface area contributed by atoms with Gasteiger partial charge in [-0.25, -0.2) is 0 Å². The number of aliphatic hydroxyl groups excluding tert-OH is 2. The summed E-state index contributed by atoms with van der Waals surface area (Å²) in [6, 6.07) is 5.07. The molecule has 102 valence electrons. The van der Waals surface area contributed by atoms with Gasteiger partial charge in [0.1, 0.15) is 0 Å². The minimum absolute atomic E-state index is 0.0844. The molecular formula is C13H19Cl2NO2. The number of aliphatic hydroxyl groups is 2. The van der Waals surface area contributed by atoms with Crippen molar-refractivity contribution in [1.29, 1.82) is 0 Å². The number of hydrogen-bond donors (Lipinski definition) is 2. The highest BCUT2D eigenvalue weighted by atomic mass is 35.5. The standard InChI is InChI=1S/C13H19Cl2NO2/c1-2-5-16(6-7-17)9-13(18)11-4-3-10(14)8-12(11)15/h3-4,8,13,17-18H,2,5-7,9H2,1H3. The van der Waals surface area contributed by atoms with Gasteiger partial charge in [-0.2, -0.15) is 0 Å². The summed E-state index contributed by atoms with van der Waals surface area (Å²) in [6.45, 7) is 3.99. The third-order valence-corrected chi connectivity index (χ3v) is 3.27. The van der Waals surface area contributed by atoms with Crippen LogP contribution >= 0.6 is 23.2 Å². The Morgan fingerprint density at radius 2 is 2.00 bits per heavy atom. The quantitative estimate of drug-likeness (QED) is 0.812. The molecule has 18 heavy (non-hydrogen) atoms. The van der Waals surface area contributed by atoms with Crippen LogP contribution in [0.4, 0.5) is 0 Å². The van der Waals surface area contributed by atoms with Crippen LogP contribution in [0.15, 0.2) is 18.2 Å². The summed E-state index contributed by atoms with van der Waals surface area (Å²) in [7, 11) is 0. The van der Waals surface area contributed by atoms with Crippen molar-refractivity contribution in [1.82, 2.24) is 4.90 Å². The Bertz CT molecular complexity index is 368. The highest BCUT2D eigenvalue weighted by Gasteiger charge is 2.15. The predicted octanol–water partition coefficient (Wildman–Crippen LogP) is 2.73. The lowest BCUT2D eigenvalue weighted by atomic mass is 10.1. The fourth-order valence-electron chi connectivity index (χ4n) is 1.87. The third kappa shape index (κ3) is 4.75. The van der Waals surface area contributed by atoms with Crippen molar-refractivity contribution in [2.75, 3.05) is 26.2 Å². The Kier molecular flexibility index (Phi) is 6.97. The summed E-state index contributed by atoms with van der Waals surface area (Å²) in [4.78, 5) is 2.01. The van der Waals surface area contributed by atoms with Crippen molar-refractivity contribution < 1.29 is 10.2 Å². The third-order valence-electron chi connectivity index (χ3n) is 2.71. The van der Waals surface area contributed by atoms with E-state index < -0.39 is 6.10 Å². The van der Waals surface area contributed by atoms with Gasteiger partial charge in [0.2, 0.25) is 0 Å². The van der Waals surface area contributed by atoms with Crippen LogP contribution in [-0.4, -0.2) is 41.4 Å². The molecule has 2 N–H and O–H groups in total. The lowest BCUT2D eigenvalue weighted by Crippen LogP contribution is -2.32. The normalized spacial score (nSPS) is 13.0. The molecule has 5 heteroatoms. The Balaban J connectivity index is 2.70. The first-order valence-corrected chi connectivity index (χ1v) is 6.80. The number of hydrogen-bond acceptors (Lipinski definition) is 3. The number of halogens is 2. The Morgan fingerprint density at radius 3 is 2.56 bits per heavy atom. The highest BCUT2D eigenvalue weighted by Crippen LogP contribution is 2.26. The SMILES string of the molecule is CCCN(CCO)CC(O)c1ccc(Cl)cc1Cl. The van der Waals surface area contributed by atoms with Crippen LogP contribution in [0, 0.1) is 0 Å². The molecule has 3 nitrogen and oxygen atoms in total. The predicted molar refractivity (Wildman–Crippen MR) is 75.2 cm³/mol. The van der Waals surface area contributed by atoms with Gasteiger partial charge in [-0.1, -0.05) is 36.2 Å². The van der Waals surface area contributed by atoms with Crippen molar-refractivity contribution in [3.05, 3.63) is 33.8 Å². The molecule has 1 aromatic rings. The molecule has 0 saturated carbocycles. The molecule has 0 bridgehead atoms. The molecule has 0 aliphatic heterocycles. The smallest absolute Gasteiger partial charge is 0.0931 e. The second kappa shape index (κ2) is 7.97. The molecule has 0 amide bonds. The fraction of sp³-hybridized carbons (Fsp3) is 0.538. The van der Waals surface area contributed by atoms with Crippen molar-refractivity contribution in [3.8, 4) is 0 Å². The lowest BCUT2D eigenvalue weighted by Gasteiger charge is -2.24. The molecule has 0 heterocycles. The van der Waals surface area contributed by atoms with Gasteiger partial charge in [-0.3, -0.25) is 4.90 Å². The molecule has 1 atom stereocenters. The molecule has 1 rings (SSSR count). The second-order valence-electron chi connectivity index (χ2n) is 4.21. The molecule has 1 unspecified atom stereocenters. The molecule has 0 aliphatic rings. The average Bonchev–Trinajstić information content (AvgIpc) is 2.29. The lowest BCUT2D eigenvalue weighted by molar-refractivity contribution is 0.0999. The largest absolute Gasteiger partial charge is 0.395 e. The Morgan fingerprint density at radius 1 is 1.28 bits per heavy atom. The van der Waals surface area contributed by atoms with Crippen LogP contribution in [0.2, 0.25) is 10.0 Å². The zero-order valence-corrected chi connectivity index (χ0v) is 12.0. The maximum absolute atomic E-state index is 10.2. The topological polar surface area (TPSA) is 43.7 Å². The van der Waals surface area contributed by atoms with Gasteiger partial charge >= 0.3 is 0 Å². The molecule has 0 radical (unpaired) electrons. The first kappa shape index (κ1) is 15.7. The molecule has 0 fully saturated rings. The van der Waals surface area contributed by atoms with Crippen LogP contribution in [0.1, 0.15) is 25.0 Å². The van der Waals surface area contributed by atoms with Gasteiger partial charge < -0.3 is 10.2 Å². The van der Waals surface area contributed by atoms with Gasteiger partial charge in [0, 0.05) is 28.7 Å². The molecule has 1 aromatic carbocycles. The van der Waals surface area contributed by atoms with Crippen LogP contribution in [-0.2, 0) is 0 Å². The molecule has 0 spiro atoms. The monoisotopic (exact) mass is 291 g/mol. The van der Waals surface area contributed by atoms with Crippen LogP contribution in [0.3, 0.4) is 0 Å². The maximum atomic E-state index is 10.2. The van der Waals surface area contributed by atoms with Gasteiger partial charge in [0.25, 0.3) is 0 Å². The van der Waals surface area contributed by atoms with Crippen LogP contribution in [0.5, 0.6) is 0 Å². The van der Waals surface area contributed by atoms with Crippen molar-refractivity contribution >= 4 is 23.2 Å². The number of benzene rings is 1. The van der Waals surface area contributed by atoms with E-state index in [0.717, 1.165) is 13.0 Å². The first-order chi connectivity index (χ1) is 8.58. The van der Waals surface area contributed by atoms with E-state index in [1.807, 2.05) is 4.90 Å². The maximum Gasteiger partial charge on any atom is 0.0931 e. The van der Waals surface area contributed by atoms with Gasteiger partial charge in [0.05, 0.1) is 12.7 Å². The molecule has 0 aromatic heterocycles. The van der Waals surface area contributed by atoms with E-state index in [1.165, 1.54) is 0 Å².